The number of H-pyrrole nitrogens is 1. The largest absolute Gasteiger partial charge is 0.361 e. The summed E-state index contributed by atoms with van der Waals surface area (Å²) in [4.78, 5) is 17.5. The second-order valence-corrected chi connectivity index (χ2v) is 6.65. The molecule has 0 aliphatic carbocycles. The SMILES string of the molecule is CN(Cc1nnc2n1CCC2)C(=O)Cc1c[nH]c2cc(Cl)ccc12. The number of halogens is 1. The van der Waals surface area contributed by atoms with Crippen LogP contribution in [-0.4, -0.2) is 37.6 Å². The predicted molar refractivity (Wildman–Crippen MR) is 91.8 cm³/mol. The number of rotatable bonds is 4. The normalized spacial score (nSPS) is 13.4. The lowest BCUT2D eigenvalue weighted by atomic mass is 10.1. The van der Waals surface area contributed by atoms with Crippen molar-refractivity contribution >= 4 is 28.4 Å². The molecule has 0 saturated heterocycles. The number of aromatic amines is 1. The summed E-state index contributed by atoms with van der Waals surface area (Å²) in [7, 11) is 1.81. The fraction of sp³-hybridized carbons (Fsp3) is 0.353. The zero-order valence-electron chi connectivity index (χ0n) is 13.4. The number of amides is 1. The number of likely N-dealkylation sites (N-methyl/N-ethyl adjacent to an activating group) is 1. The summed E-state index contributed by atoms with van der Waals surface area (Å²) in [5, 5.41) is 10.1. The van der Waals surface area contributed by atoms with E-state index in [-0.39, 0.29) is 5.91 Å². The van der Waals surface area contributed by atoms with Crippen LogP contribution in [0.3, 0.4) is 0 Å². The molecule has 1 aliphatic rings. The quantitative estimate of drug-likeness (QED) is 0.791. The number of carbonyl (C=O) groups excluding carboxylic acids is 1. The second-order valence-electron chi connectivity index (χ2n) is 6.22. The third-order valence-electron chi connectivity index (χ3n) is 4.56. The van der Waals surface area contributed by atoms with Crippen LogP contribution < -0.4 is 0 Å². The molecule has 3 aromatic rings. The van der Waals surface area contributed by atoms with Crippen LogP contribution in [0.5, 0.6) is 0 Å². The fourth-order valence-corrected chi connectivity index (χ4v) is 3.40. The van der Waals surface area contributed by atoms with Gasteiger partial charge in [0.15, 0.2) is 5.82 Å². The molecule has 0 spiro atoms. The Bertz CT molecular complexity index is 913. The Balaban J connectivity index is 1.48. The van der Waals surface area contributed by atoms with Gasteiger partial charge in [-0.1, -0.05) is 17.7 Å². The predicted octanol–water partition coefficient (Wildman–Crippen LogP) is 2.56. The Labute approximate surface area is 144 Å². The molecular formula is C17H18ClN5O. The highest BCUT2D eigenvalue weighted by Gasteiger charge is 2.20. The number of hydrogen-bond acceptors (Lipinski definition) is 3. The molecule has 124 valence electrons. The first-order chi connectivity index (χ1) is 11.6. The zero-order chi connectivity index (χ0) is 16.7. The van der Waals surface area contributed by atoms with Crippen LogP contribution in [0.4, 0.5) is 0 Å². The molecule has 1 amide bonds. The van der Waals surface area contributed by atoms with Crippen molar-refractivity contribution in [3.05, 3.63) is 46.6 Å². The van der Waals surface area contributed by atoms with Crippen LogP contribution in [0.1, 0.15) is 23.6 Å². The highest BCUT2D eigenvalue weighted by Crippen LogP contribution is 2.23. The van der Waals surface area contributed by atoms with E-state index in [1.165, 1.54) is 0 Å². The zero-order valence-corrected chi connectivity index (χ0v) is 14.2. The number of aromatic nitrogens is 4. The molecule has 1 aromatic carbocycles. The minimum absolute atomic E-state index is 0.0567. The fourth-order valence-electron chi connectivity index (χ4n) is 3.23. The van der Waals surface area contributed by atoms with Crippen molar-refractivity contribution in [2.75, 3.05) is 7.05 Å². The van der Waals surface area contributed by atoms with Gasteiger partial charge in [-0.25, -0.2) is 0 Å². The van der Waals surface area contributed by atoms with Gasteiger partial charge in [0.05, 0.1) is 13.0 Å². The summed E-state index contributed by atoms with van der Waals surface area (Å²) >= 11 is 6.00. The monoisotopic (exact) mass is 343 g/mol. The van der Waals surface area contributed by atoms with E-state index in [0.717, 1.165) is 47.5 Å². The Morgan fingerprint density at radius 2 is 2.29 bits per heavy atom. The molecule has 0 saturated carbocycles. The van der Waals surface area contributed by atoms with Crippen molar-refractivity contribution < 1.29 is 4.79 Å². The highest BCUT2D eigenvalue weighted by atomic mass is 35.5. The average Bonchev–Trinajstić information content (AvgIpc) is 3.25. The van der Waals surface area contributed by atoms with Crippen molar-refractivity contribution in [2.45, 2.75) is 32.4 Å². The molecule has 3 heterocycles. The van der Waals surface area contributed by atoms with Crippen LogP contribution in [0.25, 0.3) is 10.9 Å². The van der Waals surface area contributed by atoms with Crippen LogP contribution >= 0.6 is 11.6 Å². The first-order valence-corrected chi connectivity index (χ1v) is 8.40. The van der Waals surface area contributed by atoms with Crippen LogP contribution in [0, 0.1) is 0 Å². The smallest absolute Gasteiger partial charge is 0.227 e. The number of hydrogen-bond donors (Lipinski definition) is 1. The third kappa shape index (κ3) is 2.67. The Hall–Kier alpha value is -2.34. The lowest BCUT2D eigenvalue weighted by Crippen LogP contribution is -2.29. The van der Waals surface area contributed by atoms with Crippen LogP contribution in [0.15, 0.2) is 24.4 Å². The van der Waals surface area contributed by atoms with Gasteiger partial charge in [0.1, 0.15) is 5.82 Å². The van der Waals surface area contributed by atoms with Crippen molar-refractivity contribution in [1.29, 1.82) is 0 Å². The summed E-state index contributed by atoms with van der Waals surface area (Å²) in [6.07, 6.45) is 4.30. The molecule has 0 radical (unpaired) electrons. The number of aryl methyl sites for hydroxylation is 1. The van der Waals surface area contributed by atoms with Crippen molar-refractivity contribution in [1.82, 2.24) is 24.6 Å². The van der Waals surface area contributed by atoms with Crippen molar-refractivity contribution in [3.8, 4) is 0 Å². The lowest BCUT2D eigenvalue weighted by Gasteiger charge is -2.16. The molecule has 7 heteroatoms. The molecule has 24 heavy (non-hydrogen) atoms. The van der Waals surface area contributed by atoms with E-state index in [1.54, 1.807) is 4.90 Å². The van der Waals surface area contributed by atoms with Gasteiger partial charge in [0.2, 0.25) is 5.91 Å². The minimum Gasteiger partial charge on any atom is -0.361 e. The van der Waals surface area contributed by atoms with Crippen LogP contribution in [0.2, 0.25) is 5.02 Å². The topological polar surface area (TPSA) is 66.8 Å². The molecule has 0 bridgehead atoms. The molecule has 6 nitrogen and oxygen atoms in total. The van der Waals surface area contributed by atoms with E-state index in [9.17, 15) is 4.79 Å². The molecule has 0 unspecified atom stereocenters. The Morgan fingerprint density at radius 3 is 3.17 bits per heavy atom. The first-order valence-electron chi connectivity index (χ1n) is 8.02. The molecule has 2 aromatic heterocycles. The second kappa shape index (κ2) is 5.94. The summed E-state index contributed by atoms with van der Waals surface area (Å²) in [5.41, 5.74) is 1.92. The maximum absolute atomic E-state index is 12.6. The minimum atomic E-state index is 0.0567. The standard InChI is InChI=1S/C17H18ClN5O/c1-22(10-16-21-20-15-3-2-6-23(15)16)17(24)7-11-9-19-14-8-12(18)4-5-13(11)14/h4-5,8-9,19H,2-3,6-7,10H2,1H3. The van der Waals surface area contributed by atoms with Crippen molar-refractivity contribution in [3.63, 3.8) is 0 Å². The van der Waals surface area contributed by atoms with Gasteiger partial charge in [-0.15, -0.1) is 10.2 Å². The highest BCUT2D eigenvalue weighted by molar-refractivity contribution is 6.31. The van der Waals surface area contributed by atoms with Gasteiger partial charge >= 0.3 is 0 Å². The van der Waals surface area contributed by atoms with E-state index < -0.39 is 0 Å². The maximum Gasteiger partial charge on any atom is 0.227 e. The van der Waals surface area contributed by atoms with Gasteiger partial charge in [-0.3, -0.25) is 4.79 Å². The van der Waals surface area contributed by atoms with E-state index in [2.05, 4.69) is 19.7 Å². The first kappa shape index (κ1) is 15.2. The maximum atomic E-state index is 12.6. The van der Waals surface area contributed by atoms with E-state index in [4.69, 9.17) is 11.6 Å². The average molecular weight is 344 g/mol. The van der Waals surface area contributed by atoms with Gasteiger partial charge in [-0.05, 0) is 24.1 Å². The summed E-state index contributed by atoms with van der Waals surface area (Å²) in [6, 6.07) is 5.66. The van der Waals surface area contributed by atoms with E-state index >= 15 is 0 Å². The Kier molecular flexibility index (Phi) is 3.76. The van der Waals surface area contributed by atoms with Gasteiger partial charge < -0.3 is 14.5 Å². The van der Waals surface area contributed by atoms with Gasteiger partial charge in [-0.2, -0.15) is 0 Å². The molecule has 1 aliphatic heterocycles. The summed E-state index contributed by atoms with van der Waals surface area (Å²) in [5.74, 6) is 1.95. The summed E-state index contributed by atoms with van der Waals surface area (Å²) < 4.78 is 2.12. The number of nitrogens with one attached hydrogen (secondary N) is 1. The molecule has 1 N–H and O–H groups in total. The number of nitrogens with zero attached hydrogens (tertiary/aromatic N) is 4. The van der Waals surface area contributed by atoms with Gasteiger partial charge in [0, 0.05) is 42.1 Å². The Morgan fingerprint density at radius 1 is 1.42 bits per heavy atom. The lowest BCUT2D eigenvalue weighted by molar-refractivity contribution is -0.129. The molecular weight excluding hydrogens is 326 g/mol. The summed E-state index contributed by atoms with van der Waals surface area (Å²) in [6.45, 7) is 1.43. The van der Waals surface area contributed by atoms with E-state index in [0.29, 0.717) is 18.0 Å². The molecule has 0 atom stereocenters. The van der Waals surface area contributed by atoms with Gasteiger partial charge in [0.25, 0.3) is 0 Å². The number of fused-ring (bicyclic) bond motifs is 2. The third-order valence-corrected chi connectivity index (χ3v) is 4.80. The molecule has 0 fully saturated rings. The number of benzene rings is 1. The van der Waals surface area contributed by atoms with Crippen molar-refractivity contribution in [2.24, 2.45) is 0 Å². The van der Waals surface area contributed by atoms with E-state index in [1.807, 2.05) is 31.4 Å². The number of carbonyl (C=O) groups is 1. The molecule has 4 rings (SSSR count). The van der Waals surface area contributed by atoms with Crippen LogP contribution in [-0.2, 0) is 30.7 Å².